The van der Waals surface area contributed by atoms with Gasteiger partial charge in [0.05, 0.1) is 5.69 Å². The van der Waals surface area contributed by atoms with Crippen LogP contribution in [-0.4, -0.2) is 66.6 Å². The van der Waals surface area contributed by atoms with Crippen molar-refractivity contribution in [2.75, 3.05) is 39.8 Å². The van der Waals surface area contributed by atoms with Crippen LogP contribution < -0.4 is 10.6 Å². The molecule has 1 aromatic heterocycles. The molecule has 2 N–H and O–H groups in total. The maximum absolute atomic E-state index is 4.49. The molecule has 2 fully saturated rings. The molecule has 2 aromatic rings. The molecule has 0 radical (unpaired) electrons. The predicted octanol–water partition coefficient (Wildman–Crippen LogP) is 3.43. The summed E-state index contributed by atoms with van der Waals surface area (Å²) in [6.07, 6.45) is 6.67. The summed E-state index contributed by atoms with van der Waals surface area (Å²) in [5.41, 5.74) is 3.92. The molecule has 2 saturated heterocycles. The van der Waals surface area contributed by atoms with Crippen LogP contribution in [0.4, 0.5) is 0 Å². The molecule has 0 unspecified atom stereocenters. The first kappa shape index (κ1) is 23.7. The highest BCUT2D eigenvalue weighted by atomic mass is 15.2. The second kappa shape index (κ2) is 12.1. The molecular weight excluding hydrogens is 408 g/mol. The molecule has 6 nitrogen and oxygen atoms in total. The van der Waals surface area contributed by atoms with Gasteiger partial charge in [-0.3, -0.25) is 19.8 Å². The number of nitrogens with zero attached hydrogens (tertiary/aromatic N) is 4. The highest BCUT2D eigenvalue weighted by Gasteiger charge is 2.22. The molecule has 6 heteroatoms. The molecule has 0 atom stereocenters. The van der Waals surface area contributed by atoms with E-state index in [1.54, 1.807) is 0 Å². The number of rotatable bonds is 7. The number of hydrogen-bond donors (Lipinski definition) is 2. The molecule has 0 amide bonds. The molecule has 1 aromatic carbocycles. The third-order valence-corrected chi connectivity index (χ3v) is 7.06. The largest absolute Gasteiger partial charge is 0.356 e. The fourth-order valence-corrected chi connectivity index (χ4v) is 4.89. The summed E-state index contributed by atoms with van der Waals surface area (Å²) in [5, 5.41) is 7.27. The molecule has 3 heterocycles. The monoisotopic (exact) mass is 448 g/mol. The summed E-state index contributed by atoms with van der Waals surface area (Å²) < 4.78 is 0. The van der Waals surface area contributed by atoms with Gasteiger partial charge in [-0.05, 0) is 69.3 Å². The Morgan fingerprint density at radius 3 is 2.30 bits per heavy atom. The molecule has 33 heavy (non-hydrogen) atoms. The van der Waals surface area contributed by atoms with E-state index in [2.05, 4.69) is 73.7 Å². The van der Waals surface area contributed by atoms with Crippen molar-refractivity contribution >= 4 is 5.96 Å². The van der Waals surface area contributed by atoms with Gasteiger partial charge in [0, 0.05) is 52.0 Å². The highest BCUT2D eigenvalue weighted by Crippen LogP contribution is 2.19. The van der Waals surface area contributed by atoms with Crippen LogP contribution in [0.25, 0.3) is 0 Å². The van der Waals surface area contributed by atoms with Crippen LogP contribution in [0.15, 0.2) is 53.7 Å². The van der Waals surface area contributed by atoms with Gasteiger partial charge in [0.2, 0.25) is 0 Å². The minimum absolute atomic E-state index is 0.493. The molecule has 0 spiro atoms. The third kappa shape index (κ3) is 7.54. The maximum Gasteiger partial charge on any atom is 0.191 e. The van der Waals surface area contributed by atoms with Crippen molar-refractivity contribution in [1.29, 1.82) is 0 Å². The van der Waals surface area contributed by atoms with E-state index in [9.17, 15) is 0 Å². The van der Waals surface area contributed by atoms with Crippen molar-refractivity contribution in [2.24, 2.45) is 10.9 Å². The lowest BCUT2D eigenvalue weighted by Crippen LogP contribution is -2.49. The number of nitrogens with one attached hydrogen (secondary N) is 2. The number of likely N-dealkylation sites (tertiary alicyclic amines) is 2. The lowest BCUT2D eigenvalue weighted by atomic mass is 9.96. The Hall–Kier alpha value is -2.44. The second-order valence-corrected chi connectivity index (χ2v) is 9.67. The van der Waals surface area contributed by atoms with Gasteiger partial charge in [0.1, 0.15) is 0 Å². The number of aryl methyl sites for hydroxylation is 1. The quantitative estimate of drug-likeness (QED) is 0.502. The van der Waals surface area contributed by atoms with E-state index < -0.39 is 0 Å². The number of guanidine groups is 1. The Labute approximate surface area is 199 Å². The Bertz CT molecular complexity index is 850. The molecule has 4 rings (SSSR count). The van der Waals surface area contributed by atoms with Crippen molar-refractivity contribution in [3.05, 3.63) is 65.5 Å². The van der Waals surface area contributed by atoms with Crippen LogP contribution in [-0.2, 0) is 13.1 Å². The molecule has 0 bridgehead atoms. The van der Waals surface area contributed by atoms with Crippen LogP contribution in [0.2, 0.25) is 0 Å². The van der Waals surface area contributed by atoms with Crippen LogP contribution in [0, 0.1) is 12.8 Å². The Morgan fingerprint density at radius 1 is 0.939 bits per heavy atom. The van der Waals surface area contributed by atoms with Gasteiger partial charge < -0.3 is 10.6 Å². The van der Waals surface area contributed by atoms with E-state index in [0.717, 1.165) is 63.1 Å². The average Bonchev–Trinajstić information content (AvgIpc) is 2.86. The number of piperidine rings is 2. The molecule has 2 aliphatic rings. The van der Waals surface area contributed by atoms with Gasteiger partial charge >= 0.3 is 0 Å². The first-order valence-corrected chi connectivity index (χ1v) is 12.6. The lowest BCUT2D eigenvalue weighted by Gasteiger charge is -2.34. The van der Waals surface area contributed by atoms with E-state index in [0.29, 0.717) is 6.04 Å². The van der Waals surface area contributed by atoms with Crippen LogP contribution >= 0.6 is 0 Å². The topological polar surface area (TPSA) is 55.8 Å². The van der Waals surface area contributed by atoms with Gasteiger partial charge in [0.15, 0.2) is 5.96 Å². The zero-order valence-corrected chi connectivity index (χ0v) is 20.3. The summed E-state index contributed by atoms with van der Waals surface area (Å²) in [4.78, 5) is 14.0. The number of hydrogen-bond acceptors (Lipinski definition) is 4. The summed E-state index contributed by atoms with van der Waals surface area (Å²) in [5.74, 6) is 1.68. The summed E-state index contributed by atoms with van der Waals surface area (Å²) in [6.45, 7) is 9.75. The first-order valence-electron chi connectivity index (χ1n) is 12.6. The summed E-state index contributed by atoms with van der Waals surface area (Å²) in [6, 6.07) is 15.6. The Kier molecular flexibility index (Phi) is 8.72. The van der Waals surface area contributed by atoms with E-state index in [-0.39, 0.29) is 0 Å². The number of aliphatic imine (C=N–C) groups is 1. The molecule has 178 valence electrons. The lowest BCUT2D eigenvalue weighted by molar-refractivity contribution is 0.177. The van der Waals surface area contributed by atoms with Crippen molar-refractivity contribution in [2.45, 2.75) is 51.7 Å². The minimum Gasteiger partial charge on any atom is -0.356 e. The Morgan fingerprint density at radius 2 is 1.64 bits per heavy atom. The predicted molar refractivity (Wildman–Crippen MR) is 136 cm³/mol. The molecule has 0 aliphatic carbocycles. The average molecular weight is 449 g/mol. The first-order chi connectivity index (χ1) is 16.2. The SMILES string of the molecule is CN=C(NCC1CCN(Cc2ccc(C)cc2)CC1)NC1CCN(Cc2ccccn2)CC1. The van der Waals surface area contributed by atoms with E-state index in [1.165, 1.54) is 37.1 Å². The number of pyridine rings is 1. The zero-order valence-electron chi connectivity index (χ0n) is 20.3. The van der Waals surface area contributed by atoms with E-state index >= 15 is 0 Å². The number of benzene rings is 1. The molecular formula is C27H40N6. The second-order valence-electron chi connectivity index (χ2n) is 9.67. The van der Waals surface area contributed by atoms with Gasteiger partial charge in [-0.2, -0.15) is 0 Å². The normalized spacial score (nSPS) is 19.5. The van der Waals surface area contributed by atoms with E-state index in [1.807, 2.05) is 19.3 Å². The van der Waals surface area contributed by atoms with Crippen LogP contribution in [0.5, 0.6) is 0 Å². The van der Waals surface area contributed by atoms with Gasteiger partial charge in [-0.15, -0.1) is 0 Å². The Balaban J connectivity index is 1.12. The van der Waals surface area contributed by atoms with Crippen molar-refractivity contribution in [3.8, 4) is 0 Å². The smallest absolute Gasteiger partial charge is 0.191 e. The fraction of sp³-hybridized carbons (Fsp3) is 0.556. The maximum atomic E-state index is 4.49. The van der Waals surface area contributed by atoms with Gasteiger partial charge in [-0.25, -0.2) is 0 Å². The number of aromatic nitrogens is 1. The summed E-state index contributed by atoms with van der Waals surface area (Å²) >= 11 is 0. The van der Waals surface area contributed by atoms with Gasteiger partial charge in [0.25, 0.3) is 0 Å². The van der Waals surface area contributed by atoms with Crippen LogP contribution in [0.1, 0.15) is 42.5 Å². The standard InChI is InChI=1S/C27H40N6/c1-22-6-8-24(9-7-22)20-32-15-10-23(11-16-32)19-30-27(28-2)31-25-12-17-33(18-13-25)21-26-5-3-4-14-29-26/h3-9,14,23,25H,10-13,15-21H2,1-2H3,(H2,28,30,31). The van der Waals surface area contributed by atoms with Gasteiger partial charge in [-0.1, -0.05) is 35.9 Å². The van der Waals surface area contributed by atoms with Crippen molar-refractivity contribution < 1.29 is 0 Å². The summed E-state index contributed by atoms with van der Waals surface area (Å²) in [7, 11) is 1.88. The molecule has 0 saturated carbocycles. The third-order valence-electron chi connectivity index (χ3n) is 7.06. The van der Waals surface area contributed by atoms with Crippen molar-refractivity contribution in [3.63, 3.8) is 0 Å². The fourth-order valence-electron chi connectivity index (χ4n) is 4.89. The van der Waals surface area contributed by atoms with Crippen LogP contribution in [0.3, 0.4) is 0 Å². The van der Waals surface area contributed by atoms with Crippen molar-refractivity contribution in [1.82, 2.24) is 25.4 Å². The zero-order chi connectivity index (χ0) is 22.9. The highest BCUT2D eigenvalue weighted by molar-refractivity contribution is 5.79. The molecule has 2 aliphatic heterocycles. The van der Waals surface area contributed by atoms with E-state index in [4.69, 9.17) is 0 Å². The minimum atomic E-state index is 0.493.